The quantitative estimate of drug-likeness (QED) is 0.557. The molecule has 9 nitrogen and oxygen atoms in total. The normalized spacial score (nSPS) is 10.4. The lowest BCUT2D eigenvalue weighted by Crippen LogP contribution is -2.15. The fraction of sp³-hybridized carbons (Fsp3) is 0. The van der Waals surface area contributed by atoms with Crippen molar-refractivity contribution < 1.29 is 44.7 Å². The molecular formula is C14H8O9. The van der Waals surface area contributed by atoms with E-state index in [9.17, 15) is 29.4 Å². The van der Waals surface area contributed by atoms with Gasteiger partial charge < -0.3 is 25.5 Å². The molecule has 0 aromatic heterocycles. The lowest BCUT2D eigenvalue weighted by molar-refractivity contribution is 0.0634. The molecule has 5 N–H and O–H groups in total. The molecule has 0 heterocycles. The van der Waals surface area contributed by atoms with E-state index in [4.69, 9.17) is 15.3 Å². The number of hydrogen-bond donors (Lipinski definition) is 5. The molecule has 0 aliphatic rings. The number of carboxylic acid groups (broad SMARTS) is 4. The molecule has 0 unspecified atom stereocenters. The van der Waals surface area contributed by atoms with E-state index < -0.39 is 51.9 Å². The maximum Gasteiger partial charge on any atom is 0.339 e. The molecule has 0 atom stereocenters. The van der Waals surface area contributed by atoms with E-state index in [-0.39, 0.29) is 10.8 Å². The molecule has 2 aromatic rings. The molecule has 23 heavy (non-hydrogen) atoms. The molecular weight excluding hydrogens is 312 g/mol. The summed E-state index contributed by atoms with van der Waals surface area (Å²) in [5.41, 5.74) is -3.18. The Hall–Kier alpha value is -3.62. The van der Waals surface area contributed by atoms with Crippen LogP contribution in [0.2, 0.25) is 0 Å². The van der Waals surface area contributed by atoms with Gasteiger partial charge in [-0.1, -0.05) is 0 Å². The van der Waals surface area contributed by atoms with Crippen molar-refractivity contribution in [3.63, 3.8) is 0 Å². The summed E-state index contributed by atoms with van der Waals surface area (Å²) >= 11 is 0. The molecule has 0 amide bonds. The maximum atomic E-state index is 11.4. The predicted molar refractivity (Wildman–Crippen MR) is 73.5 cm³/mol. The van der Waals surface area contributed by atoms with Crippen molar-refractivity contribution in [2.75, 3.05) is 0 Å². The Bertz CT molecular complexity index is 895. The van der Waals surface area contributed by atoms with Gasteiger partial charge in [0.25, 0.3) is 0 Å². The Morgan fingerprint density at radius 2 is 1.13 bits per heavy atom. The van der Waals surface area contributed by atoms with Gasteiger partial charge in [0, 0.05) is 5.39 Å². The van der Waals surface area contributed by atoms with Gasteiger partial charge in [0.05, 0.1) is 16.7 Å². The van der Waals surface area contributed by atoms with Gasteiger partial charge in [-0.3, -0.25) is 0 Å². The molecule has 2 rings (SSSR count). The summed E-state index contributed by atoms with van der Waals surface area (Å²) in [7, 11) is 0. The van der Waals surface area contributed by atoms with Crippen LogP contribution in [0.15, 0.2) is 18.2 Å². The third kappa shape index (κ3) is 2.50. The third-order valence-electron chi connectivity index (χ3n) is 3.14. The van der Waals surface area contributed by atoms with Crippen LogP contribution in [0.1, 0.15) is 41.4 Å². The van der Waals surface area contributed by atoms with Crippen LogP contribution in [0.5, 0.6) is 5.75 Å². The van der Waals surface area contributed by atoms with E-state index in [2.05, 4.69) is 0 Å². The molecule has 118 valence electrons. The number of carbonyl (C=O) groups is 4. The zero-order valence-corrected chi connectivity index (χ0v) is 11.1. The minimum atomic E-state index is -1.77. The molecule has 0 aliphatic carbocycles. The van der Waals surface area contributed by atoms with Crippen molar-refractivity contribution in [2.24, 2.45) is 0 Å². The Balaban J connectivity index is 3.09. The van der Waals surface area contributed by atoms with Crippen LogP contribution in [0.25, 0.3) is 10.8 Å². The predicted octanol–water partition coefficient (Wildman–Crippen LogP) is 1.34. The van der Waals surface area contributed by atoms with E-state index in [1.165, 1.54) is 0 Å². The number of hydrogen-bond acceptors (Lipinski definition) is 5. The molecule has 0 fully saturated rings. The molecule has 9 heteroatoms. The van der Waals surface area contributed by atoms with Crippen molar-refractivity contribution in [3.8, 4) is 5.75 Å². The first-order chi connectivity index (χ1) is 10.6. The summed E-state index contributed by atoms with van der Waals surface area (Å²) in [6, 6.07) is 2.50. The number of carboxylic acids is 4. The minimum Gasteiger partial charge on any atom is -0.507 e. The first-order valence-electron chi connectivity index (χ1n) is 5.92. The minimum absolute atomic E-state index is 0.139. The second kappa shape index (κ2) is 5.30. The molecule has 0 radical (unpaired) electrons. The van der Waals surface area contributed by atoms with Gasteiger partial charge in [0.2, 0.25) is 0 Å². The molecule has 0 aliphatic heterocycles. The standard InChI is InChI=1S/C14H8O9/c15-8-3-5-4(1-6(8)11(16)17)2-7(12(18)19)10(14(22)23)9(5)13(20)21/h1-3,15H,(H,16,17)(H,18,19)(H,20,21)(H,22,23). The number of phenols is 1. The summed E-state index contributed by atoms with van der Waals surface area (Å²) in [5.74, 6) is -7.47. The average molecular weight is 320 g/mol. The van der Waals surface area contributed by atoms with Crippen LogP contribution in [0.4, 0.5) is 0 Å². The molecule has 0 bridgehead atoms. The van der Waals surface area contributed by atoms with E-state index in [1.54, 1.807) is 0 Å². The third-order valence-corrected chi connectivity index (χ3v) is 3.14. The summed E-state index contributed by atoms with van der Waals surface area (Å²) in [5, 5.41) is 45.6. The summed E-state index contributed by atoms with van der Waals surface area (Å²) < 4.78 is 0. The summed E-state index contributed by atoms with van der Waals surface area (Å²) in [6.07, 6.45) is 0. The monoisotopic (exact) mass is 320 g/mol. The zero-order valence-electron chi connectivity index (χ0n) is 11.1. The molecule has 0 saturated carbocycles. The van der Waals surface area contributed by atoms with Gasteiger partial charge >= 0.3 is 23.9 Å². The van der Waals surface area contributed by atoms with Crippen molar-refractivity contribution in [2.45, 2.75) is 0 Å². The number of aromatic carboxylic acids is 4. The second-order valence-electron chi connectivity index (χ2n) is 4.49. The largest absolute Gasteiger partial charge is 0.507 e. The number of benzene rings is 2. The second-order valence-corrected chi connectivity index (χ2v) is 4.49. The fourth-order valence-electron chi connectivity index (χ4n) is 2.22. The van der Waals surface area contributed by atoms with Crippen molar-refractivity contribution >= 4 is 34.6 Å². The van der Waals surface area contributed by atoms with E-state index in [1.807, 2.05) is 0 Å². The summed E-state index contributed by atoms with van der Waals surface area (Å²) in [4.78, 5) is 44.9. The molecule has 2 aromatic carbocycles. The van der Waals surface area contributed by atoms with Crippen molar-refractivity contribution in [3.05, 3.63) is 40.5 Å². The lowest BCUT2D eigenvalue weighted by atomic mass is 9.92. The van der Waals surface area contributed by atoms with Crippen molar-refractivity contribution in [1.82, 2.24) is 0 Å². The van der Waals surface area contributed by atoms with E-state index in [0.29, 0.717) is 0 Å². The highest BCUT2D eigenvalue weighted by atomic mass is 16.4. The SMILES string of the molecule is O=C(O)c1cc2cc(C(=O)O)c(C(=O)O)c(C(=O)O)c2cc1O. The highest BCUT2D eigenvalue weighted by Crippen LogP contribution is 2.32. The van der Waals surface area contributed by atoms with Gasteiger partial charge in [-0.05, 0) is 23.6 Å². The van der Waals surface area contributed by atoms with Gasteiger partial charge in [-0.25, -0.2) is 19.2 Å². The van der Waals surface area contributed by atoms with Gasteiger partial charge in [0.1, 0.15) is 11.3 Å². The Labute approximate surface area is 126 Å². The first-order valence-corrected chi connectivity index (χ1v) is 5.92. The van der Waals surface area contributed by atoms with Crippen LogP contribution >= 0.6 is 0 Å². The van der Waals surface area contributed by atoms with Crippen LogP contribution in [-0.4, -0.2) is 49.4 Å². The van der Waals surface area contributed by atoms with Gasteiger partial charge in [-0.2, -0.15) is 0 Å². The molecule has 0 saturated heterocycles. The maximum absolute atomic E-state index is 11.4. The number of fused-ring (bicyclic) bond motifs is 1. The number of aromatic hydroxyl groups is 1. The van der Waals surface area contributed by atoms with Crippen molar-refractivity contribution in [1.29, 1.82) is 0 Å². The molecule has 0 spiro atoms. The Kier molecular flexibility index (Phi) is 3.63. The number of rotatable bonds is 4. The smallest absolute Gasteiger partial charge is 0.339 e. The van der Waals surface area contributed by atoms with Gasteiger partial charge in [0.15, 0.2) is 0 Å². The van der Waals surface area contributed by atoms with Crippen LogP contribution in [0, 0.1) is 0 Å². The topological polar surface area (TPSA) is 169 Å². The van der Waals surface area contributed by atoms with Crippen LogP contribution in [0.3, 0.4) is 0 Å². The van der Waals surface area contributed by atoms with Crippen LogP contribution in [-0.2, 0) is 0 Å². The van der Waals surface area contributed by atoms with Gasteiger partial charge in [-0.15, -0.1) is 0 Å². The first kappa shape index (κ1) is 15.8. The highest BCUT2D eigenvalue weighted by Gasteiger charge is 2.28. The van der Waals surface area contributed by atoms with Crippen LogP contribution < -0.4 is 0 Å². The van der Waals surface area contributed by atoms with E-state index in [0.717, 1.165) is 18.2 Å². The highest BCUT2D eigenvalue weighted by molar-refractivity contribution is 6.17. The van der Waals surface area contributed by atoms with E-state index >= 15 is 0 Å². The zero-order chi connectivity index (χ0) is 17.5. The Morgan fingerprint density at radius 1 is 0.652 bits per heavy atom. The summed E-state index contributed by atoms with van der Waals surface area (Å²) in [6.45, 7) is 0. The average Bonchev–Trinajstić information content (AvgIpc) is 2.43. The Morgan fingerprint density at radius 3 is 1.57 bits per heavy atom. The fourth-order valence-corrected chi connectivity index (χ4v) is 2.22. The lowest BCUT2D eigenvalue weighted by Gasteiger charge is -2.11.